The molecule has 2 saturated heterocycles. The monoisotopic (exact) mass is 568 g/mol. The highest BCUT2D eigenvalue weighted by atomic mass is 32.1. The van der Waals surface area contributed by atoms with Gasteiger partial charge in [-0.1, -0.05) is 12.1 Å². The van der Waals surface area contributed by atoms with Gasteiger partial charge in [0, 0.05) is 62.7 Å². The molecule has 0 bridgehead atoms. The van der Waals surface area contributed by atoms with E-state index in [4.69, 9.17) is 14.6 Å². The molecular weight excluding hydrogens is 536 g/mol. The van der Waals surface area contributed by atoms with Crippen LogP contribution in [-0.4, -0.2) is 109 Å². The van der Waals surface area contributed by atoms with Crippen LogP contribution in [0.3, 0.4) is 0 Å². The molecule has 1 unspecified atom stereocenters. The van der Waals surface area contributed by atoms with E-state index in [1.165, 1.54) is 18.4 Å². The van der Waals surface area contributed by atoms with Crippen molar-refractivity contribution >= 4 is 40.8 Å². The number of aliphatic imine (C=N–C) groups is 1. The second-order valence-electron chi connectivity index (χ2n) is 9.78. The minimum atomic E-state index is -0.839. The van der Waals surface area contributed by atoms with Gasteiger partial charge in [-0.2, -0.15) is 0 Å². The van der Waals surface area contributed by atoms with Crippen molar-refractivity contribution in [2.75, 3.05) is 58.5 Å². The van der Waals surface area contributed by atoms with Crippen LogP contribution in [0.5, 0.6) is 0 Å². The number of carboxylic acids is 1. The van der Waals surface area contributed by atoms with E-state index in [1.807, 2.05) is 34.5 Å². The fourth-order valence-electron chi connectivity index (χ4n) is 5.41. The number of esters is 1. The van der Waals surface area contributed by atoms with Crippen molar-refractivity contribution in [1.29, 1.82) is 0 Å². The Morgan fingerprint density at radius 3 is 2.67 bits per heavy atom. The molecule has 2 N–H and O–H groups in total. The summed E-state index contributed by atoms with van der Waals surface area (Å²) in [7, 11) is 3.00. The number of piperazine rings is 1. The molecule has 5 rings (SSSR count). The number of amidine groups is 1. The number of methoxy groups -OCH3 is 2. The van der Waals surface area contributed by atoms with E-state index in [-0.39, 0.29) is 31.1 Å². The maximum atomic E-state index is 13.5. The first kappa shape index (κ1) is 27.7. The molecule has 12 nitrogen and oxygen atoms in total. The number of hydrogen-bond donors (Lipinski definition) is 2. The summed E-state index contributed by atoms with van der Waals surface area (Å²) in [5.74, 6) is -0.650. The molecule has 212 valence electrons. The number of aryl methyl sites for hydroxylation is 1. The van der Waals surface area contributed by atoms with Gasteiger partial charge in [-0.25, -0.2) is 14.6 Å². The summed E-state index contributed by atoms with van der Waals surface area (Å²) in [5.41, 5.74) is 2.86. The van der Waals surface area contributed by atoms with Crippen molar-refractivity contribution in [2.45, 2.75) is 24.9 Å². The fourth-order valence-corrected chi connectivity index (χ4v) is 6.01. The van der Waals surface area contributed by atoms with E-state index in [1.54, 1.807) is 18.2 Å². The van der Waals surface area contributed by atoms with Crippen LogP contribution in [0.2, 0.25) is 0 Å². The molecule has 2 amide bonds. The highest BCUT2D eigenvalue weighted by Crippen LogP contribution is 2.31. The molecular formula is C27H32N6O6S. The molecule has 3 aliphatic rings. The molecule has 13 heteroatoms. The van der Waals surface area contributed by atoms with Gasteiger partial charge in [-0.3, -0.25) is 19.6 Å². The number of urea groups is 1. The van der Waals surface area contributed by atoms with E-state index >= 15 is 0 Å². The number of nitrogens with zero attached hydrogens (tertiary/aromatic N) is 5. The number of fused-ring (bicyclic) bond motifs is 1. The van der Waals surface area contributed by atoms with Crippen LogP contribution >= 0.6 is 11.3 Å². The first-order valence-corrected chi connectivity index (χ1v) is 13.9. The third-order valence-corrected chi connectivity index (χ3v) is 8.24. The molecule has 3 aliphatic heterocycles. The number of benzene rings is 1. The molecule has 2 atom stereocenters. The number of carboxylic acid groups (broad SMARTS) is 1. The maximum absolute atomic E-state index is 13.5. The minimum absolute atomic E-state index is 0.0620. The SMILES string of the molecule is COCC1[C@H]2CN(c3ccc(CCC(=O)O)cc3)C(=O)N2CCN1CC1=C(C(=O)OC)CN=C(c2nccs2)N1. The zero-order valence-electron chi connectivity index (χ0n) is 22.4. The van der Waals surface area contributed by atoms with Crippen LogP contribution in [0.4, 0.5) is 10.5 Å². The number of anilines is 1. The Bertz CT molecular complexity index is 1310. The summed E-state index contributed by atoms with van der Waals surface area (Å²) in [6, 6.07) is 7.19. The summed E-state index contributed by atoms with van der Waals surface area (Å²) in [5, 5.41) is 14.9. The normalized spacial score (nSPS) is 21.2. The second kappa shape index (κ2) is 12.1. The van der Waals surface area contributed by atoms with E-state index < -0.39 is 11.9 Å². The molecule has 2 aromatic rings. The van der Waals surface area contributed by atoms with Gasteiger partial charge in [-0.15, -0.1) is 11.3 Å². The van der Waals surface area contributed by atoms with Crippen LogP contribution in [0, 0.1) is 0 Å². The average Bonchev–Trinajstić information content (AvgIpc) is 3.62. The largest absolute Gasteiger partial charge is 0.481 e. The van der Waals surface area contributed by atoms with Crippen molar-refractivity contribution < 1.29 is 29.0 Å². The first-order valence-electron chi connectivity index (χ1n) is 13.0. The molecule has 40 heavy (non-hydrogen) atoms. The van der Waals surface area contributed by atoms with Gasteiger partial charge >= 0.3 is 18.0 Å². The van der Waals surface area contributed by atoms with Gasteiger partial charge in [0.05, 0.1) is 37.9 Å². The molecule has 0 aliphatic carbocycles. The predicted octanol–water partition coefficient (Wildman–Crippen LogP) is 1.58. The number of aromatic nitrogens is 1. The Labute approximate surface area is 235 Å². The van der Waals surface area contributed by atoms with Crippen molar-refractivity contribution in [2.24, 2.45) is 4.99 Å². The van der Waals surface area contributed by atoms with Crippen LogP contribution in [0.1, 0.15) is 17.0 Å². The summed E-state index contributed by atoms with van der Waals surface area (Å²) < 4.78 is 10.7. The van der Waals surface area contributed by atoms with Crippen LogP contribution < -0.4 is 10.2 Å². The van der Waals surface area contributed by atoms with Crippen molar-refractivity contribution in [3.05, 3.63) is 57.7 Å². The quantitative estimate of drug-likeness (QED) is 0.409. The van der Waals surface area contributed by atoms with Gasteiger partial charge in [0.25, 0.3) is 0 Å². The Kier molecular flexibility index (Phi) is 8.43. The minimum Gasteiger partial charge on any atom is -0.481 e. The van der Waals surface area contributed by atoms with E-state index in [0.29, 0.717) is 56.3 Å². The van der Waals surface area contributed by atoms with Gasteiger partial charge in [0.2, 0.25) is 0 Å². The second-order valence-corrected chi connectivity index (χ2v) is 10.7. The first-order chi connectivity index (χ1) is 19.4. The van der Waals surface area contributed by atoms with Crippen LogP contribution in [0.25, 0.3) is 0 Å². The Hall–Kier alpha value is -3.81. The number of rotatable bonds is 10. The number of ether oxygens (including phenoxy) is 2. The van der Waals surface area contributed by atoms with E-state index in [2.05, 4.69) is 20.2 Å². The lowest BCUT2D eigenvalue weighted by molar-refractivity contribution is -0.137. The van der Waals surface area contributed by atoms with Gasteiger partial charge in [0.15, 0.2) is 10.8 Å². The lowest BCUT2D eigenvalue weighted by Crippen LogP contribution is -2.61. The topological polar surface area (TPSA) is 137 Å². The third-order valence-electron chi connectivity index (χ3n) is 7.46. The molecule has 1 aromatic heterocycles. The summed E-state index contributed by atoms with van der Waals surface area (Å²) in [6.45, 7) is 2.65. The number of aliphatic carboxylic acids is 1. The summed E-state index contributed by atoms with van der Waals surface area (Å²) in [4.78, 5) is 51.7. The van der Waals surface area contributed by atoms with Gasteiger partial charge < -0.3 is 24.8 Å². The number of hydrogen-bond acceptors (Lipinski definition) is 10. The smallest absolute Gasteiger partial charge is 0.337 e. The molecule has 0 radical (unpaired) electrons. The Balaban J connectivity index is 1.34. The lowest BCUT2D eigenvalue weighted by atomic mass is 10.0. The number of nitrogens with one attached hydrogen (secondary N) is 1. The van der Waals surface area contributed by atoms with E-state index in [9.17, 15) is 14.4 Å². The number of carbonyl (C=O) groups excluding carboxylic acids is 2. The maximum Gasteiger partial charge on any atom is 0.337 e. The fraction of sp³-hybridized carbons (Fsp3) is 0.444. The van der Waals surface area contributed by atoms with Crippen molar-refractivity contribution in [3.8, 4) is 0 Å². The Morgan fingerprint density at radius 1 is 1.20 bits per heavy atom. The number of thiazole rings is 1. The predicted molar refractivity (Wildman–Crippen MR) is 149 cm³/mol. The third kappa shape index (κ3) is 5.71. The number of carbonyl (C=O) groups is 3. The van der Waals surface area contributed by atoms with Gasteiger partial charge in [-0.05, 0) is 24.1 Å². The lowest BCUT2D eigenvalue weighted by Gasteiger charge is -2.44. The summed E-state index contributed by atoms with van der Waals surface area (Å²) in [6.07, 6.45) is 2.21. The Morgan fingerprint density at radius 2 is 2.00 bits per heavy atom. The average molecular weight is 569 g/mol. The number of amides is 2. The summed E-state index contributed by atoms with van der Waals surface area (Å²) >= 11 is 1.46. The zero-order valence-corrected chi connectivity index (χ0v) is 23.2. The van der Waals surface area contributed by atoms with Crippen molar-refractivity contribution in [1.82, 2.24) is 20.1 Å². The molecule has 0 spiro atoms. The highest BCUT2D eigenvalue weighted by Gasteiger charge is 2.47. The zero-order chi connectivity index (χ0) is 28.2. The molecule has 0 saturated carbocycles. The molecule has 4 heterocycles. The highest BCUT2D eigenvalue weighted by molar-refractivity contribution is 7.11. The van der Waals surface area contributed by atoms with E-state index in [0.717, 1.165) is 16.3 Å². The van der Waals surface area contributed by atoms with Crippen LogP contribution in [0.15, 0.2) is 52.1 Å². The van der Waals surface area contributed by atoms with Crippen LogP contribution in [-0.2, 0) is 25.5 Å². The molecule has 1 aromatic carbocycles. The van der Waals surface area contributed by atoms with Gasteiger partial charge in [0.1, 0.15) is 0 Å². The van der Waals surface area contributed by atoms with Crippen molar-refractivity contribution in [3.63, 3.8) is 0 Å². The molecule has 2 fully saturated rings. The standard InChI is InChI=1S/C27H32N6O6S/c1-38-16-22-21-15-33(18-6-3-17(4-7-18)5-8-23(34)35)27(37)32(21)11-10-31(22)14-20-19(26(36)39-2)13-29-24(30-20)25-28-9-12-40-25/h3-4,6-7,9,12,21-22H,5,8,10-11,13-16H2,1-2H3,(H,29,30)(H,34,35)/t21-,22?/m1/s1.